The molecule has 0 aromatic heterocycles. The first-order valence-electron chi connectivity index (χ1n) is 7.34. The second-order valence-electron chi connectivity index (χ2n) is 6.49. The molecule has 1 heterocycles. The number of rotatable bonds is 2. The zero-order chi connectivity index (χ0) is 15.2. The summed E-state index contributed by atoms with van der Waals surface area (Å²) >= 11 is 0. The maximum atomic E-state index is 13.4. The Morgan fingerprint density at radius 1 is 1.29 bits per heavy atom. The number of carbonyl (C=O) groups excluding carboxylic acids is 1. The van der Waals surface area contributed by atoms with Gasteiger partial charge in [-0.15, -0.1) is 0 Å². The van der Waals surface area contributed by atoms with Crippen molar-refractivity contribution < 1.29 is 18.7 Å². The first kappa shape index (κ1) is 14.4. The fraction of sp³-hybridized carbons (Fsp3) is 0.562. The molecule has 3 rings (SSSR count). The van der Waals surface area contributed by atoms with Gasteiger partial charge in [-0.3, -0.25) is 4.79 Å². The Hall–Kier alpha value is -1.49. The number of hydrogen-bond acceptors (Lipinski definition) is 2. The number of hydrogen-bond donors (Lipinski definition) is 1. The van der Waals surface area contributed by atoms with Gasteiger partial charge in [-0.1, -0.05) is 0 Å². The van der Waals surface area contributed by atoms with Gasteiger partial charge < -0.3 is 10.0 Å². The number of carbonyl (C=O) groups is 1. The van der Waals surface area contributed by atoms with Gasteiger partial charge in [-0.2, -0.15) is 0 Å². The van der Waals surface area contributed by atoms with E-state index in [-0.39, 0.29) is 17.9 Å². The van der Waals surface area contributed by atoms with E-state index in [4.69, 9.17) is 0 Å². The number of halogens is 2. The maximum Gasteiger partial charge on any atom is 0.226 e. The van der Waals surface area contributed by atoms with Gasteiger partial charge in [0, 0.05) is 18.5 Å². The number of benzene rings is 1. The van der Waals surface area contributed by atoms with Crippen LogP contribution in [0.3, 0.4) is 0 Å². The Morgan fingerprint density at radius 3 is 2.48 bits per heavy atom. The van der Waals surface area contributed by atoms with Crippen LogP contribution in [-0.4, -0.2) is 28.1 Å². The predicted octanol–water partition coefficient (Wildman–Crippen LogP) is 2.79. The van der Waals surface area contributed by atoms with E-state index in [2.05, 4.69) is 0 Å². The quantitative estimate of drug-likeness (QED) is 0.911. The number of likely N-dealkylation sites (tertiary alicyclic amines) is 1. The lowest BCUT2D eigenvalue weighted by molar-refractivity contribution is -0.150. The van der Waals surface area contributed by atoms with Crippen LogP contribution < -0.4 is 0 Å². The van der Waals surface area contributed by atoms with Crippen molar-refractivity contribution in [3.8, 4) is 0 Å². The monoisotopic (exact) mass is 295 g/mol. The number of amides is 1. The minimum Gasteiger partial charge on any atom is -0.390 e. The summed E-state index contributed by atoms with van der Waals surface area (Å²) in [6.07, 6.45) is 2.48. The van der Waals surface area contributed by atoms with Gasteiger partial charge >= 0.3 is 0 Å². The van der Waals surface area contributed by atoms with Crippen molar-refractivity contribution in [2.24, 2.45) is 5.92 Å². The highest BCUT2D eigenvalue weighted by Gasteiger charge is 2.45. The molecule has 114 valence electrons. The van der Waals surface area contributed by atoms with Crippen molar-refractivity contribution >= 4 is 5.91 Å². The molecule has 1 atom stereocenters. The van der Waals surface area contributed by atoms with Crippen LogP contribution in [0.15, 0.2) is 18.2 Å². The summed E-state index contributed by atoms with van der Waals surface area (Å²) in [4.78, 5) is 14.2. The third kappa shape index (κ3) is 2.79. The van der Waals surface area contributed by atoms with Gasteiger partial charge in [0.2, 0.25) is 5.91 Å². The van der Waals surface area contributed by atoms with Crippen LogP contribution in [0.4, 0.5) is 8.78 Å². The highest BCUT2D eigenvalue weighted by atomic mass is 19.1. The standard InChI is InChI=1S/C16H19F2NO2/c1-16(21)8-11(9-16)15(20)19-4-2-3-14(19)10-5-12(17)7-13(18)6-10/h5-7,11,14,21H,2-4,8-9H2,1H3. The molecular formula is C16H19F2NO2. The summed E-state index contributed by atoms with van der Waals surface area (Å²) in [5, 5.41) is 9.76. The zero-order valence-corrected chi connectivity index (χ0v) is 12.0. The lowest BCUT2D eigenvalue weighted by Crippen LogP contribution is -2.49. The van der Waals surface area contributed by atoms with Crippen LogP contribution >= 0.6 is 0 Å². The van der Waals surface area contributed by atoms with E-state index < -0.39 is 17.2 Å². The molecular weight excluding hydrogens is 276 g/mol. The Bertz CT molecular complexity index is 545. The van der Waals surface area contributed by atoms with Gasteiger partial charge in [0.05, 0.1) is 11.6 Å². The van der Waals surface area contributed by atoms with Gasteiger partial charge in [-0.05, 0) is 50.3 Å². The predicted molar refractivity (Wildman–Crippen MR) is 73.4 cm³/mol. The third-order valence-electron chi connectivity index (χ3n) is 4.53. The molecule has 1 saturated heterocycles. The lowest BCUT2D eigenvalue weighted by atomic mass is 9.71. The summed E-state index contributed by atoms with van der Waals surface area (Å²) in [7, 11) is 0. The molecule has 1 amide bonds. The molecule has 5 heteroatoms. The van der Waals surface area contributed by atoms with E-state index in [0.29, 0.717) is 24.9 Å². The Morgan fingerprint density at radius 2 is 1.90 bits per heavy atom. The molecule has 1 N–H and O–H groups in total. The number of nitrogens with zero attached hydrogens (tertiary/aromatic N) is 1. The summed E-state index contributed by atoms with van der Waals surface area (Å²) in [5.41, 5.74) is -0.231. The van der Waals surface area contributed by atoms with Crippen LogP contribution in [0.1, 0.15) is 44.2 Å². The first-order chi connectivity index (χ1) is 9.85. The Balaban J connectivity index is 1.78. The van der Waals surface area contributed by atoms with Crippen molar-refractivity contribution in [3.63, 3.8) is 0 Å². The molecule has 1 aliphatic heterocycles. The molecule has 1 saturated carbocycles. The van der Waals surface area contributed by atoms with E-state index in [1.54, 1.807) is 11.8 Å². The first-order valence-corrected chi connectivity index (χ1v) is 7.34. The summed E-state index contributed by atoms with van der Waals surface area (Å²) in [5.74, 6) is -1.40. The van der Waals surface area contributed by atoms with Gasteiger partial charge in [0.1, 0.15) is 11.6 Å². The zero-order valence-electron chi connectivity index (χ0n) is 12.0. The molecule has 0 bridgehead atoms. The SMILES string of the molecule is CC1(O)CC(C(=O)N2CCCC2c2cc(F)cc(F)c2)C1. The molecule has 0 radical (unpaired) electrons. The molecule has 2 aliphatic rings. The normalized spacial score (nSPS) is 32.1. The minimum absolute atomic E-state index is 0.00584. The second kappa shape index (κ2) is 5.05. The van der Waals surface area contributed by atoms with Gasteiger partial charge in [-0.25, -0.2) is 8.78 Å². The summed E-state index contributed by atoms with van der Waals surface area (Å²) in [6.45, 7) is 2.33. The molecule has 1 aromatic rings. The average Bonchev–Trinajstić information content (AvgIpc) is 2.82. The third-order valence-corrected chi connectivity index (χ3v) is 4.53. The lowest BCUT2D eigenvalue weighted by Gasteiger charge is -2.42. The van der Waals surface area contributed by atoms with Crippen LogP contribution in [-0.2, 0) is 4.79 Å². The number of aliphatic hydroxyl groups is 1. The van der Waals surface area contributed by atoms with E-state index in [1.165, 1.54) is 12.1 Å². The summed E-state index contributed by atoms with van der Waals surface area (Å²) < 4.78 is 26.7. The smallest absolute Gasteiger partial charge is 0.226 e. The fourth-order valence-corrected chi connectivity index (χ4v) is 3.56. The van der Waals surface area contributed by atoms with Gasteiger partial charge in [0.25, 0.3) is 0 Å². The topological polar surface area (TPSA) is 40.5 Å². The molecule has 3 nitrogen and oxygen atoms in total. The van der Waals surface area contributed by atoms with Gasteiger partial charge in [0.15, 0.2) is 0 Å². The van der Waals surface area contributed by atoms with Crippen molar-refractivity contribution in [1.82, 2.24) is 4.90 Å². The summed E-state index contributed by atoms with van der Waals surface area (Å²) in [6, 6.07) is 3.19. The highest BCUT2D eigenvalue weighted by Crippen LogP contribution is 2.42. The minimum atomic E-state index is -0.749. The van der Waals surface area contributed by atoms with Crippen LogP contribution in [0, 0.1) is 17.6 Å². The Labute approximate surface area is 122 Å². The van der Waals surface area contributed by atoms with Crippen LogP contribution in [0.2, 0.25) is 0 Å². The largest absolute Gasteiger partial charge is 0.390 e. The van der Waals surface area contributed by atoms with Crippen molar-refractivity contribution in [3.05, 3.63) is 35.4 Å². The highest BCUT2D eigenvalue weighted by molar-refractivity contribution is 5.81. The molecule has 1 aliphatic carbocycles. The molecule has 1 aromatic carbocycles. The average molecular weight is 295 g/mol. The van der Waals surface area contributed by atoms with E-state index in [9.17, 15) is 18.7 Å². The van der Waals surface area contributed by atoms with E-state index in [0.717, 1.165) is 18.9 Å². The van der Waals surface area contributed by atoms with E-state index in [1.807, 2.05) is 0 Å². The molecule has 0 spiro atoms. The molecule has 1 unspecified atom stereocenters. The molecule has 21 heavy (non-hydrogen) atoms. The molecule has 2 fully saturated rings. The van der Waals surface area contributed by atoms with Crippen molar-refractivity contribution in [2.75, 3.05) is 6.54 Å². The Kier molecular flexibility index (Phi) is 3.48. The fourth-order valence-electron chi connectivity index (χ4n) is 3.56. The second-order valence-corrected chi connectivity index (χ2v) is 6.49. The van der Waals surface area contributed by atoms with Crippen molar-refractivity contribution in [2.45, 2.75) is 44.2 Å². The van der Waals surface area contributed by atoms with Crippen molar-refractivity contribution in [1.29, 1.82) is 0 Å². The van der Waals surface area contributed by atoms with Crippen LogP contribution in [0.5, 0.6) is 0 Å². The van der Waals surface area contributed by atoms with E-state index >= 15 is 0 Å². The maximum absolute atomic E-state index is 13.4. The van der Waals surface area contributed by atoms with Crippen LogP contribution in [0.25, 0.3) is 0 Å².